The van der Waals surface area contributed by atoms with E-state index in [-0.39, 0.29) is 0 Å². The minimum absolute atomic E-state index is 0.296. The molecule has 0 aromatic carbocycles. The van der Waals surface area contributed by atoms with Crippen molar-refractivity contribution in [2.75, 3.05) is 36.1 Å². The van der Waals surface area contributed by atoms with Gasteiger partial charge in [-0.1, -0.05) is 0 Å². The molecule has 0 amide bonds. The number of hydrogen-bond donors (Lipinski definition) is 3. The van der Waals surface area contributed by atoms with Crippen LogP contribution >= 0.6 is 0 Å². The first-order chi connectivity index (χ1) is 12.2. The summed E-state index contributed by atoms with van der Waals surface area (Å²) >= 11 is 0. The fraction of sp³-hybridized carbons (Fsp3) is 0.529. The zero-order valence-electron chi connectivity index (χ0n) is 14.5. The summed E-state index contributed by atoms with van der Waals surface area (Å²) in [4.78, 5) is 19.9. The average molecular weight is 340 g/mol. The SMILES string of the molecule is CN(Cc1cnc(N)nc1)c1nc(NC2CC2)nc2c1CCNCC2. The lowest BCUT2D eigenvalue weighted by Crippen LogP contribution is -2.23. The van der Waals surface area contributed by atoms with E-state index in [0.717, 1.165) is 49.0 Å². The summed E-state index contributed by atoms with van der Waals surface area (Å²) in [5.41, 5.74) is 8.98. The largest absolute Gasteiger partial charge is 0.368 e. The van der Waals surface area contributed by atoms with Gasteiger partial charge in [-0.05, 0) is 25.8 Å². The Morgan fingerprint density at radius 2 is 1.96 bits per heavy atom. The molecule has 8 heteroatoms. The molecular weight excluding hydrogens is 316 g/mol. The Morgan fingerprint density at radius 1 is 1.20 bits per heavy atom. The first-order valence-corrected chi connectivity index (χ1v) is 8.83. The van der Waals surface area contributed by atoms with Gasteiger partial charge in [-0.3, -0.25) is 0 Å². The van der Waals surface area contributed by atoms with Crippen LogP contribution in [0.15, 0.2) is 12.4 Å². The van der Waals surface area contributed by atoms with Gasteiger partial charge in [0, 0.05) is 56.1 Å². The van der Waals surface area contributed by atoms with E-state index < -0.39 is 0 Å². The Kier molecular flexibility index (Phi) is 4.35. The van der Waals surface area contributed by atoms with Crippen LogP contribution in [0.2, 0.25) is 0 Å². The minimum Gasteiger partial charge on any atom is -0.368 e. The number of aromatic nitrogens is 4. The van der Waals surface area contributed by atoms with Crippen LogP contribution in [0, 0.1) is 0 Å². The third kappa shape index (κ3) is 3.79. The number of nitrogens with zero attached hydrogens (tertiary/aromatic N) is 5. The molecule has 2 aromatic heterocycles. The molecule has 0 spiro atoms. The second-order valence-electron chi connectivity index (χ2n) is 6.77. The molecule has 8 nitrogen and oxygen atoms in total. The molecule has 25 heavy (non-hydrogen) atoms. The third-order valence-electron chi connectivity index (χ3n) is 4.58. The summed E-state index contributed by atoms with van der Waals surface area (Å²) < 4.78 is 0. The van der Waals surface area contributed by atoms with Crippen LogP contribution < -0.4 is 21.3 Å². The Bertz CT molecular complexity index is 741. The van der Waals surface area contributed by atoms with E-state index in [2.05, 4.69) is 32.5 Å². The summed E-state index contributed by atoms with van der Waals surface area (Å²) in [5, 5.41) is 6.89. The normalized spacial score (nSPS) is 16.8. The van der Waals surface area contributed by atoms with Crippen LogP contribution in [0.25, 0.3) is 0 Å². The lowest BCUT2D eigenvalue weighted by Gasteiger charge is -2.23. The summed E-state index contributed by atoms with van der Waals surface area (Å²) in [6, 6.07) is 0.533. The van der Waals surface area contributed by atoms with Gasteiger partial charge in [-0.25, -0.2) is 15.0 Å². The summed E-state index contributed by atoms with van der Waals surface area (Å²) in [6.45, 7) is 2.60. The van der Waals surface area contributed by atoms with Gasteiger partial charge in [0.05, 0.1) is 5.69 Å². The van der Waals surface area contributed by atoms with Crippen molar-refractivity contribution in [2.45, 2.75) is 38.3 Å². The molecule has 1 fully saturated rings. The number of fused-ring (bicyclic) bond motifs is 1. The molecule has 4 rings (SSSR count). The Balaban J connectivity index is 1.64. The third-order valence-corrected chi connectivity index (χ3v) is 4.58. The maximum Gasteiger partial charge on any atom is 0.225 e. The molecule has 132 valence electrons. The maximum atomic E-state index is 5.58. The van der Waals surface area contributed by atoms with E-state index in [9.17, 15) is 0 Å². The summed E-state index contributed by atoms with van der Waals surface area (Å²) in [6.07, 6.45) is 7.82. The fourth-order valence-corrected chi connectivity index (χ4v) is 3.11. The van der Waals surface area contributed by atoms with Crippen LogP contribution in [0.3, 0.4) is 0 Å². The number of nitrogen functional groups attached to an aromatic ring is 1. The van der Waals surface area contributed by atoms with Crippen molar-refractivity contribution >= 4 is 17.7 Å². The van der Waals surface area contributed by atoms with Gasteiger partial charge in [0.25, 0.3) is 0 Å². The van der Waals surface area contributed by atoms with Crippen molar-refractivity contribution in [1.82, 2.24) is 25.3 Å². The van der Waals surface area contributed by atoms with Crippen molar-refractivity contribution in [1.29, 1.82) is 0 Å². The molecule has 3 heterocycles. The monoisotopic (exact) mass is 340 g/mol. The highest BCUT2D eigenvalue weighted by molar-refractivity contribution is 5.53. The number of rotatable bonds is 5. The minimum atomic E-state index is 0.296. The zero-order valence-corrected chi connectivity index (χ0v) is 14.5. The molecule has 2 aliphatic rings. The van der Waals surface area contributed by atoms with Crippen molar-refractivity contribution in [3.8, 4) is 0 Å². The van der Waals surface area contributed by atoms with Crippen LogP contribution in [-0.4, -0.2) is 46.1 Å². The van der Waals surface area contributed by atoms with Gasteiger partial charge in [-0.15, -0.1) is 0 Å². The molecule has 1 aliphatic carbocycles. The molecule has 0 saturated heterocycles. The maximum absolute atomic E-state index is 5.58. The number of nitrogens with one attached hydrogen (secondary N) is 2. The van der Waals surface area contributed by atoms with E-state index >= 15 is 0 Å². The van der Waals surface area contributed by atoms with Crippen molar-refractivity contribution in [2.24, 2.45) is 0 Å². The van der Waals surface area contributed by atoms with Gasteiger partial charge in [0.2, 0.25) is 11.9 Å². The fourth-order valence-electron chi connectivity index (χ4n) is 3.11. The van der Waals surface area contributed by atoms with Crippen LogP contribution in [0.1, 0.15) is 29.7 Å². The molecule has 0 atom stereocenters. The number of hydrogen-bond acceptors (Lipinski definition) is 8. The highest BCUT2D eigenvalue weighted by Crippen LogP contribution is 2.28. The quantitative estimate of drug-likeness (QED) is 0.732. The van der Waals surface area contributed by atoms with Gasteiger partial charge in [0.1, 0.15) is 5.82 Å². The number of anilines is 3. The lowest BCUT2D eigenvalue weighted by atomic mass is 10.1. The molecule has 1 aliphatic heterocycles. The van der Waals surface area contributed by atoms with E-state index in [1.165, 1.54) is 18.4 Å². The second kappa shape index (κ2) is 6.79. The molecule has 0 radical (unpaired) electrons. The van der Waals surface area contributed by atoms with Gasteiger partial charge < -0.3 is 21.3 Å². The molecular formula is C17H24N8. The Hall–Kier alpha value is -2.48. The molecule has 0 bridgehead atoms. The lowest BCUT2D eigenvalue weighted by molar-refractivity contribution is 0.708. The summed E-state index contributed by atoms with van der Waals surface area (Å²) in [7, 11) is 2.05. The average Bonchev–Trinajstić information content (AvgIpc) is 3.43. The van der Waals surface area contributed by atoms with E-state index in [0.29, 0.717) is 18.5 Å². The van der Waals surface area contributed by atoms with Crippen molar-refractivity contribution in [3.05, 3.63) is 29.2 Å². The van der Waals surface area contributed by atoms with Crippen LogP contribution in [-0.2, 0) is 19.4 Å². The van der Waals surface area contributed by atoms with E-state index in [4.69, 9.17) is 15.7 Å². The van der Waals surface area contributed by atoms with E-state index in [1.54, 1.807) is 12.4 Å². The molecule has 4 N–H and O–H groups in total. The predicted molar refractivity (Wildman–Crippen MR) is 97.5 cm³/mol. The standard InChI is InChI=1S/C17H24N8/c1-25(10-11-8-20-16(18)21-9-11)15-13-4-6-19-7-5-14(13)23-17(24-15)22-12-2-3-12/h8-9,12,19H,2-7,10H2,1H3,(H2,18,20,21)(H,22,23,24). The van der Waals surface area contributed by atoms with Crippen molar-refractivity contribution < 1.29 is 0 Å². The zero-order chi connectivity index (χ0) is 17.2. The van der Waals surface area contributed by atoms with Gasteiger partial charge in [0.15, 0.2) is 0 Å². The van der Waals surface area contributed by atoms with E-state index in [1.807, 2.05) is 0 Å². The molecule has 1 saturated carbocycles. The highest BCUT2D eigenvalue weighted by Gasteiger charge is 2.24. The number of nitrogens with two attached hydrogens (primary N) is 1. The predicted octanol–water partition coefficient (Wildman–Crippen LogP) is 0.748. The molecule has 2 aromatic rings. The first-order valence-electron chi connectivity index (χ1n) is 8.83. The molecule has 0 unspecified atom stereocenters. The van der Waals surface area contributed by atoms with Gasteiger partial charge in [-0.2, -0.15) is 4.98 Å². The Morgan fingerprint density at radius 3 is 2.72 bits per heavy atom. The van der Waals surface area contributed by atoms with Gasteiger partial charge >= 0.3 is 0 Å². The first kappa shape index (κ1) is 16.0. The van der Waals surface area contributed by atoms with Crippen LogP contribution in [0.4, 0.5) is 17.7 Å². The Labute approximate surface area is 147 Å². The second-order valence-corrected chi connectivity index (χ2v) is 6.77. The summed E-state index contributed by atoms with van der Waals surface area (Å²) in [5.74, 6) is 2.04. The topological polar surface area (TPSA) is 105 Å². The smallest absolute Gasteiger partial charge is 0.225 e. The van der Waals surface area contributed by atoms with Crippen molar-refractivity contribution in [3.63, 3.8) is 0 Å². The van der Waals surface area contributed by atoms with Crippen LogP contribution in [0.5, 0.6) is 0 Å². The highest BCUT2D eigenvalue weighted by atomic mass is 15.2.